The first kappa shape index (κ1) is 27.1. The Labute approximate surface area is 223 Å². The number of alkyl halides is 1. The minimum absolute atomic E-state index is 0.0370. The highest BCUT2D eigenvalue weighted by molar-refractivity contribution is 9.09. The SMILES string of the molecule is Fc1ccc(-c2cn3ccnc(Cl)c3n2)cc1.Nc1nccnc1Cl.O=C(CBr)c1ccc(F)cc1. The van der Waals surface area contributed by atoms with Crippen molar-refractivity contribution in [1.29, 1.82) is 0 Å². The molecule has 12 heteroatoms. The summed E-state index contributed by atoms with van der Waals surface area (Å²) in [6.07, 6.45) is 8.17. The van der Waals surface area contributed by atoms with Crippen LogP contribution in [-0.2, 0) is 0 Å². The number of carbonyl (C=O) groups is 1. The molecule has 0 saturated heterocycles. The summed E-state index contributed by atoms with van der Waals surface area (Å²) in [6.45, 7) is 0. The van der Waals surface area contributed by atoms with Crippen LogP contribution in [0.15, 0.2) is 79.5 Å². The van der Waals surface area contributed by atoms with E-state index in [-0.39, 0.29) is 33.7 Å². The predicted octanol–water partition coefficient (Wildman–Crippen LogP) is 6.30. The number of anilines is 1. The van der Waals surface area contributed by atoms with Crippen LogP contribution in [0.5, 0.6) is 0 Å². The molecule has 0 aliphatic carbocycles. The number of rotatable bonds is 3. The molecule has 0 atom stereocenters. The molecule has 7 nitrogen and oxygen atoms in total. The summed E-state index contributed by atoms with van der Waals surface area (Å²) in [4.78, 5) is 26.6. The van der Waals surface area contributed by atoms with E-state index in [1.165, 1.54) is 48.8 Å². The molecule has 0 fully saturated rings. The van der Waals surface area contributed by atoms with Crippen LogP contribution in [0, 0.1) is 11.6 Å². The molecule has 2 N–H and O–H groups in total. The lowest BCUT2D eigenvalue weighted by Crippen LogP contribution is -1.98. The van der Waals surface area contributed by atoms with Crippen molar-refractivity contribution in [3.63, 3.8) is 0 Å². The summed E-state index contributed by atoms with van der Waals surface area (Å²) in [7, 11) is 0. The van der Waals surface area contributed by atoms with Crippen molar-refractivity contribution in [2.45, 2.75) is 0 Å². The van der Waals surface area contributed by atoms with Crippen molar-refractivity contribution < 1.29 is 13.6 Å². The monoisotopic (exact) mass is 592 g/mol. The van der Waals surface area contributed by atoms with Crippen molar-refractivity contribution in [3.05, 3.63) is 107 Å². The van der Waals surface area contributed by atoms with Gasteiger partial charge in [0.25, 0.3) is 0 Å². The van der Waals surface area contributed by atoms with Gasteiger partial charge in [-0.25, -0.2) is 28.7 Å². The normalized spacial score (nSPS) is 10.1. The number of Topliss-reactive ketones (excluding diaryl/α,β-unsaturated/α-hetero) is 1. The number of hydrogen-bond donors (Lipinski definition) is 1. The molecule has 0 spiro atoms. The van der Waals surface area contributed by atoms with E-state index in [2.05, 4.69) is 35.9 Å². The van der Waals surface area contributed by atoms with Gasteiger partial charge in [-0.1, -0.05) is 39.1 Å². The van der Waals surface area contributed by atoms with Crippen molar-refractivity contribution in [3.8, 4) is 11.3 Å². The summed E-state index contributed by atoms with van der Waals surface area (Å²) in [5.74, 6) is -0.354. The Morgan fingerprint density at radius 1 is 0.889 bits per heavy atom. The van der Waals surface area contributed by atoms with Gasteiger partial charge in [-0.3, -0.25) is 4.79 Å². The van der Waals surface area contributed by atoms with E-state index in [0.29, 0.717) is 16.4 Å². The number of nitrogens with zero attached hydrogens (tertiary/aromatic N) is 5. The largest absolute Gasteiger partial charge is 0.381 e. The zero-order valence-electron chi connectivity index (χ0n) is 18.3. The fourth-order valence-electron chi connectivity index (χ4n) is 2.69. The summed E-state index contributed by atoms with van der Waals surface area (Å²) in [5.41, 5.74) is 7.91. The molecule has 0 amide bonds. The number of halogens is 5. The van der Waals surface area contributed by atoms with Gasteiger partial charge in [0.1, 0.15) is 11.6 Å². The zero-order valence-corrected chi connectivity index (χ0v) is 21.4. The molecule has 0 radical (unpaired) electrons. The third kappa shape index (κ3) is 7.51. The van der Waals surface area contributed by atoms with E-state index in [9.17, 15) is 13.6 Å². The maximum atomic E-state index is 12.8. The van der Waals surface area contributed by atoms with E-state index >= 15 is 0 Å². The molecule has 5 aromatic rings. The van der Waals surface area contributed by atoms with Gasteiger partial charge >= 0.3 is 0 Å². The van der Waals surface area contributed by atoms with Crippen LogP contribution < -0.4 is 5.73 Å². The molecule has 0 bridgehead atoms. The topological polar surface area (TPSA) is 99.1 Å². The lowest BCUT2D eigenvalue weighted by molar-refractivity contribution is 0.102. The third-order valence-electron chi connectivity index (χ3n) is 4.44. The second-order valence-corrected chi connectivity index (χ2v) is 8.15. The highest BCUT2D eigenvalue weighted by atomic mass is 79.9. The van der Waals surface area contributed by atoms with Gasteiger partial charge in [0.2, 0.25) is 0 Å². The fraction of sp³-hybridized carbons (Fsp3) is 0.0417. The lowest BCUT2D eigenvalue weighted by atomic mass is 10.1. The first-order valence-corrected chi connectivity index (χ1v) is 12.0. The predicted molar refractivity (Wildman–Crippen MR) is 139 cm³/mol. The maximum absolute atomic E-state index is 12.8. The van der Waals surface area contributed by atoms with Gasteiger partial charge in [-0.2, -0.15) is 0 Å². The Morgan fingerprint density at radius 3 is 2.00 bits per heavy atom. The molecule has 0 aliphatic rings. The van der Waals surface area contributed by atoms with Crippen LogP contribution in [0.4, 0.5) is 14.6 Å². The number of ketones is 1. The summed E-state index contributed by atoms with van der Waals surface area (Å²) >= 11 is 14.4. The average molecular weight is 594 g/mol. The molecule has 3 aromatic heterocycles. The summed E-state index contributed by atoms with van der Waals surface area (Å²) in [6, 6.07) is 11.7. The Morgan fingerprint density at radius 2 is 1.47 bits per heavy atom. The Balaban J connectivity index is 0.000000164. The number of benzene rings is 2. The number of aromatic nitrogens is 5. The van der Waals surface area contributed by atoms with E-state index in [1.807, 2.05) is 6.20 Å². The summed E-state index contributed by atoms with van der Waals surface area (Å²) in [5, 5.41) is 0.881. The van der Waals surface area contributed by atoms with Gasteiger partial charge in [-0.15, -0.1) is 0 Å². The number of nitrogen functional groups attached to an aromatic ring is 1. The van der Waals surface area contributed by atoms with Crippen molar-refractivity contribution in [2.24, 2.45) is 0 Å². The van der Waals surface area contributed by atoms with Crippen LogP contribution in [0.25, 0.3) is 16.9 Å². The van der Waals surface area contributed by atoms with Crippen LogP contribution in [0.2, 0.25) is 10.3 Å². The summed E-state index contributed by atoms with van der Waals surface area (Å²) < 4.78 is 26.9. The van der Waals surface area contributed by atoms with Crippen LogP contribution in [0.3, 0.4) is 0 Å². The number of hydrogen-bond acceptors (Lipinski definition) is 6. The van der Waals surface area contributed by atoms with Gasteiger partial charge in [0.15, 0.2) is 27.6 Å². The third-order valence-corrected chi connectivity index (χ3v) is 5.51. The molecule has 184 valence electrons. The molecule has 5 rings (SSSR count). The quantitative estimate of drug-likeness (QED) is 0.194. The zero-order chi connectivity index (χ0) is 26.1. The number of nitrogens with two attached hydrogens (primary N) is 1. The van der Waals surface area contributed by atoms with Crippen LogP contribution >= 0.6 is 39.1 Å². The van der Waals surface area contributed by atoms with Crippen molar-refractivity contribution in [1.82, 2.24) is 24.3 Å². The number of fused-ring (bicyclic) bond motifs is 1. The highest BCUT2D eigenvalue weighted by Gasteiger charge is 2.07. The molecule has 3 heterocycles. The Hall–Kier alpha value is -3.47. The first-order valence-electron chi connectivity index (χ1n) is 10.1. The van der Waals surface area contributed by atoms with E-state index in [4.69, 9.17) is 28.9 Å². The van der Waals surface area contributed by atoms with Gasteiger partial charge < -0.3 is 10.1 Å². The Kier molecular flexibility index (Phi) is 9.80. The molecule has 0 unspecified atom stereocenters. The van der Waals surface area contributed by atoms with Crippen LogP contribution in [0.1, 0.15) is 10.4 Å². The second-order valence-electron chi connectivity index (χ2n) is 6.88. The van der Waals surface area contributed by atoms with Crippen LogP contribution in [-0.4, -0.2) is 35.4 Å². The highest BCUT2D eigenvalue weighted by Crippen LogP contribution is 2.21. The standard InChI is InChI=1S/C12H7ClFN3.C8H6BrFO.C4H4ClN3/c13-11-12-16-10(7-17(12)6-5-15-11)8-1-3-9(14)4-2-8;9-5-8(11)6-1-3-7(10)4-2-6;5-3-4(6)8-2-1-7-3/h1-7H;1-4H,5H2;1-2H,(H2,6,8). The average Bonchev–Trinajstić information content (AvgIpc) is 3.33. The molecule has 2 aromatic carbocycles. The van der Waals surface area contributed by atoms with E-state index in [0.717, 1.165) is 11.3 Å². The van der Waals surface area contributed by atoms with E-state index in [1.54, 1.807) is 28.9 Å². The minimum Gasteiger partial charge on any atom is -0.381 e. The number of imidazole rings is 1. The second kappa shape index (κ2) is 13.0. The smallest absolute Gasteiger partial charge is 0.175 e. The molecule has 0 saturated carbocycles. The van der Waals surface area contributed by atoms with Gasteiger partial charge in [0.05, 0.1) is 11.0 Å². The van der Waals surface area contributed by atoms with Gasteiger partial charge in [0, 0.05) is 42.1 Å². The maximum Gasteiger partial charge on any atom is 0.175 e. The minimum atomic E-state index is -0.323. The van der Waals surface area contributed by atoms with Gasteiger partial charge in [-0.05, 0) is 48.5 Å². The fourth-order valence-corrected chi connectivity index (χ4v) is 3.32. The molecule has 36 heavy (non-hydrogen) atoms. The van der Waals surface area contributed by atoms with E-state index < -0.39 is 0 Å². The lowest BCUT2D eigenvalue weighted by Gasteiger charge is -1.94. The van der Waals surface area contributed by atoms with Crippen molar-refractivity contribution in [2.75, 3.05) is 11.1 Å². The first-order chi connectivity index (χ1) is 17.3. The molecule has 0 aliphatic heterocycles. The molecular formula is C24H17BrCl2F2N6O. The Bertz CT molecular complexity index is 1430. The number of carbonyl (C=O) groups excluding carboxylic acids is 1. The van der Waals surface area contributed by atoms with Crippen molar-refractivity contribution >= 4 is 56.4 Å². The molecular weight excluding hydrogens is 577 g/mol.